The Balaban J connectivity index is 2.01. The summed E-state index contributed by atoms with van der Waals surface area (Å²) in [6, 6.07) is 23.0. The molecule has 0 bridgehead atoms. The second-order valence-corrected chi connectivity index (χ2v) is 10.6. The van der Waals surface area contributed by atoms with Crippen molar-refractivity contribution in [2.24, 2.45) is 7.05 Å². The number of para-hydroxylation sites is 1. The van der Waals surface area contributed by atoms with Crippen LogP contribution in [0.25, 0.3) is 28.1 Å². The second kappa shape index (κ2) is 7.70. The van der Waals surface area contributed by atoms with E-state index >= 15 is 0 Å². The van der Waals surface area contributed by atoms with Crippen LogP contribution in [-0.4, -0.2) is 4.68 Å². The molecule has 2 nitrogen and oxygen atoms in total. The molecule has 0 radical (unpaired) electrons. The fourth-order valence-corrected chi connectivity index (χ4v) is 6.18. The highest BCUT2D eigenvalue weighted by molar-refractivity contribution is 5.84. The first-order valence-electron chi connectivity index (χ1n) is 13.8. The zero-order valence-electron chi connectivity index (χ0n) is 24.5. The first-order valence-corrected chi connectivity index (χ1v) is 12.3. The lowest BCUT2D eigenvalue weighted by atomic mass is 9.57. The Morgan fingerprint density at radius 1 is 0.882 bits per heavy atom. The van der Waals surface area contributed by atoms with E-state index in [-0.39, 0.29) is 10.8 Å². The zero-order valence-corrected chi connectivity index (χ0v) is 21.5. The van der Waals surface area contributed by atoms with Crippen molar-refractivity contribution in [2.75, 3.05) is 0 Å². The van der Waals surface area contributed by atoms with Crippen LogP contribution in [0.5, 0.6) is 0 Å². The summed E-state index contributed by atoms with van der Waals surface area (Å²) < 4.78 is 29.0. The van der Waals surface area contributed by atoms with Gasteiger partial charge >= 0.3 is 0 Å². The van der Waals surface area contributed by atoms with Gasteiger partial charge in [0.15, 0.2) is 7.05 Å². The second-order valence-electron chi connectivity index (χ2n) is 10.6. The van der Waals surface area contributed by atoms with Crippen LogP contribution in [-0.2, 0) is 17.9 Å². The maximum atomic E-state index is 8.12. The molecule has 1 aromatic heterocycles. The Morgan fingerprint density at radius 3 is 2.26 bits per heavy atom. The van der Waals surface area contributed by atoms with E-state index in [1.54, 1.807) is 6.07 Å². The molecule has 0 aliphatic carbocycles. The van der Waals surface area contributed by atoms with Gasteiger partial charge in [-0.15, -0.1) is 9.36 Å². The van der Waals surface area contributed by atoms with Gasteiger partial charge in [0.25, 0.3) is 0 Å². The Labute approximate surface area is 209 Å². The van der Waals surface area contributed by atoms with Crippen LogP contribution in [0.1, 0.15) is 66.2 Å². The van der Waals surface area contributed by atoms with Crippen LogP contribution >= 0.6 is 0 Å². The highest BCUT2D eigenvalue weighted by Crippen LogP contribution is 2.55. The van der Waals surface area contributed by atoms with Crippen molar-refractivity contribution in [2.45, 2.75) is 65.6 Å². The predicted molar refractivity (Wildman–Crippen MR) is 143 cm³/mol. The van der Waals surface area contributed by atoms with Gasteiger partial charge in [-0.1, -0.05) is 93.4 Å². The van der Waals surface area contributed by atoms with Crippen molar-refractivity contribution in [3.05, 3.63) is 94.7 Å². The van der Waals surface area contributed by atoms with Gasteiger partial charge in [0.2, 0.25) is 5.69 Å². The summed E-state index contributed by atoms with van der Waals surface area (Å²) in [6.07, 6.45) is 0.963. The molecule has 4 aromatic rings. The maximum Gasteiger partial charge on any atom is 0.246 e. The normalized spacial score (nSPS) is 20.1. The van der Waals surface area contributed by atoms with Crippen molar-refractivity contribution < 1.29 is 8.79 Å². The average molecular weight is 453 g/mol. The van der Waals surface area contributed by atoms with Gasteiger partial charge in [-0.05, 0) is 55.9 Å². The average Bonchev–Trinajstić information content (AvgIpc) is 3.15. The predicted octanol–water partition coefficient (Wildman–Crippen LogP) is 7.52. The molecular weight excluding hydrogens is 412 g/mol. The van der Waals surface area contributed by atoms with Gasteiger partial charge < -0.3 is 0 Å². The van der Waals surface area contributed by atoms with E-state index in [4.69, 9.17) is 4.11 Å². The molecule has 0 N–H and O–H groups in total. The van der Waals surface area contributed by atoms with Gasteiger partial charge in [-0.3, -0.25) is 0 Å². The molecule has 1 unspecified atom stereocenters. The summed E-state index contributed by atoms with van der Waals surface area (Å²) >= 11 is 0. The molecule has 2 heteroatoms. The van der Waals surface area contributed by atoms with E-state index in [0.29, 0.717) is 5.56 Å². The smallest absolute Gasteiger partial charge is 0.123 e. The third-order valence-electron chi connectivity index (χ3n) is 8.45. The van der Waals surface area contributed by atoms with Crippen molar-refractivity contribution in [1.82, 2.24) is 4.68 Å². The number of fused-ring (bicyclic) bond motifs is 3. The van der Waals surface area contributed by atoms with E-state index in [1.807, 2.05) is 19.1 Å². The number of rotatable bonds is 3. The topological polar surface area (TPSA) is 8.81 Å². The molecule has 1 atom stereocenters. The molecule has 0 amide bonds. The van der Waals surface area contributed by atoms with E-state index in [9.17, 15) is 0 Å². The molecule has 0 fully saturated rings. The molecule has 174 valence electrons. The fourth-order valence-electron chi connectivity index (χ4n) is 6.18. The van der Waals surface area contributed by atoms with E-state index in [2.05, 4.69) is 99.6 Å². The molecule has 3 aromatic carbocycles. The first-order chi connectivity index (χ1) is 17.3. The van der Waals surface area contributed by atoms with Crippen LogP contribution < -0.4 is 4.68 Å². The van der Waals surface area contributed by atoms with E-state index in [1.165, 1.54) is 28.1 Å². The van der Waals surface area contributed by atoms with Crippen molar-refractivity contribution in [1.29, 1.82) is 0 Å². The summed E-state index contributed by atoms with van der Waals surface area (Å²) in [6.45, 7) is 11.4. The fraction of sp³-hybridized carbons (Fsp3) is 0.344. The lowest BCUT2D eigenvalue weighted by molar-refractivity contribution is -0.735. The van der Waals surface area contributed by atoms with Gasteiger partial charge in [0.1, 0.15) is 11.4 Å². The molecule has 1 aliphatic rings. The summed E-state index contributed by atoms with van der Waals surface area (Å²) in [7, 11) is 2.12. The van der Waals surface area contributed by atoms with Gasteiger partial charge in [-0.2, -0.15) is 0 Å². The Hall–Kier alpha value is -3.13. The van der Waals surface area contributed by atoms with Gasteiger partial charge in [0, 0.05) is 20.5 Å². The summed E-state index contributed by atoms with van der Waals surface area (Å²) in [4.78, 5) is 0. The highest BCUT2D eigenvalue weighted by atomic mass is 15.4. The quantitative estimate of drug-likeness (QED) is 0.284. The largest absolute Gasteiger partial charge is 0.246 e. The molecule has 2 heterocycles. The lowest BCUT2D eigenvalue weighted by Gasteiger charge is -2.48. The molecular formula is C32H37N2+. The monoisotopic (exact) mass is 452 g/mol. The zero-order chi connectivity index (χ0) is 26.9. The third-order valence-corrected chi connectivity index (χ3v) is 8.45. The Morgan fingerprint density at radius 2 is 1.59 bits per heavy atom. The number of hydrogen-bond donors (Lipinski definition) is 0. The minimum absolute atomic E-state index is 0.123. The Bertz CT molecular complexity index is 1510. The molecule has 34 heavy (non-hydrogen) atoms. The number of nitrogens with zero attached hydrogens (tertiary/aromatic N) is 2. The minimum atomic E-state index is -2.17. The summed E-state index contributed by atoms with van der Waals surface area (Å²) in [5, 5.41) is 0. The van der Waals surface area contributed by atoms with Crippen LogP contribution in [0.2, 0.25) is 0 Å². The van der Waals surface area contributed by atoms with E-state index < -0.39 is 6.85 Å². The number of hydrogen-bond acceptors (Lipinski definition) is 0. The molecule has 0 saturated heterocycles. The van der Waals surface area contributed by atoms with Crippen molar-refractivity contribution in [3.8, 4) is 28.1 Å². The first kappa shape index (κ1) is 19.2. The lowest BCUT2D eigenvalue weighted by Crippen LogP contribution is -2.52. The third kappa shape index (κ3) is 2.97. The van der Waals surface area contributed by atoms with Crippen LogP contribution in [0.3, 0.4) is 0 Å². The van der Waals surface area contributed by atoms with Gasteiger partial charge in [-0.25, -0.2) is 0 Å². The molecule has 5 rings (SSSR count). The number of aryl methyl sites for hydroxylation is 3. The summed E-state index contributed by atoms with van der Waals surface area (Å²) in [5.74, 6) is 0. The maximum absolute atomic E-state index is 8.12. The molecule has 0 spiro atoms. The van der Waals surface area contributed by atoms with Crippen LogP contribution in [0.15, 0.2) is 66.7 Å². The number of aromatic nitrogens is 2. The van der Waals surface area contributed by atoms with Crippen molar-refractivity contribution >= 4 is 0 Å². The number of benzene rings is 3. The highest BCUT2D eigenvalue weighted by Gasteiger charge is 2.54. The van der Waals surface area contributed by atoms with Crippen LogP contribution in [0.4, 0.5) is 0 Å². The van der Waals surface area contributed by atoms with Crippen LogP contribution in [0, 0.1) is 20.7 Å². The standard InChI is InChI=1S/C32H37N2/c1-9-32(7)30-27(24-15-11-10-12-16-24)29(25-19-21(2)18-22(3)20-25)33(8)34(30)28-23(4)14-13-17-26(28)31(32,5)6/h10-20H,9H2,1-8H3/q+1/i2D3. The molecule has 1 aliphatic heterocycles. The summed E-state index contributed by atoms with van der Waals surface area (Å²) in [5.41, 5.74) is 10.4. The van der Waals surface area contributed by atoms with Gasteiger partial charge in [0.05, 0.1) is 5.56 Å². The SMILES string of the molecule is [2H]C([2H])([2H])c1cc(C)cc(-c2c(-c3ccccc3)c3n([n+]2C)-c2c(C)cccc2C(C)(C)C3(C)CC)c1. The minimum Gasteiger partial charge on any atom is -0.123 e. The van der Waals surface area contributed by atoms with Crippen molar-refractivity contribution in [3.63, 3.8) is 0 Å². The Kier molecular flexibility index (Phi) is 4.35. The molecule has 0 saturated carbocycles. The van der Waals surface area contributed by atoms with E-state index in [0.717, 1.165) is 28.8 Å².